The van der Waals surface area contributed by atoms with Crippen LogP contribution < -0.4 is 20.2 Å². The van der Waals surface area contributed by atoms with Gasteiger partial charge >= 0.3 is 0 Å². The van der Waals surface area contributed by atoms with Crippen molar-refractivity contribution in [3.8, 4) is 11.5 Å². The number of ether oxygens (including phenoxy) is 2. The first kappa shape index (κ1) is 27.5. The van der Waals surface area contributed by atoms with Crippen molar-refractivity contribution in [1.82, 2.24) is 5.43 Å². The van der Waals surface area contributed by atoms with Crippen LogP contribution >= 0.6 is 22.6 Å². The first-order chi connectivity index (χ1) is 17.8. The van der Waals surface area contributed by atoms with E-state index in [0.29, 0.717) is 32.9 Å². The largest absolute Gasteiger partial charge is 0.490 e. The summed E-state index contributed by atoms with van der Waals surface area (Å²) in [6.07, 6.45) is 1.19. The van der Waals surface area contributed by atoms with Crippen molar-refractivity contribution in [2.24, 2.45) is 5.10 Å². The molecule has 0 heterocycles. The van der Waals surface area contributed by atoms with E-state index < -0.39 is 22.6 Å². The van der Waals surface area contributed by atoms with Gasteiger partial charge in [-0.15, -0.1) is 0 Å². The lowest BCUT2D eigenvalue weighted by Gasteiger charge is -2.14. The van der Waals surface area contributed by atoms with Gasteiger partial charge in [0.1, 0.15) is 5.82 Å². The molecule has 3 aromatic carbocycles. The average Bonchev–Trinajstić information content (AvgIpc) is 2.85. The van der Waals surface area contributed by atoms with Crippen LogP contribution in [0.1, 0.15) is 18.1 Å². The molecule has 2 N–H and O–H groups in total. The number of nitrogens with one attached hydrogen (secondary N) is 2. The molecule has 0 aliphatic carbocycles. The van der Waals surface area contributed by atoms with Crippen LogP contribution in [0.3, 0.4) is 0 Å². The maximum absolute atomic E-state index is 13.0. The van der Waals surface area contributed by atoms with Gasteiger partial charge < -0.3 is 14.8 Å². The van der Waals surface area contributed by atoms with Crippen molar-refractivity contribution in [3.05, 3.63) is 91.3 Å². The van der Waals surface area contributed by atoms with Gasteiger partial charge in [-0.2, -0.15) is 5.10 Å². The second-order valence-corrected chi connectivity index (χ2v) is 8.62. The minimum atomic E-state index is -0.543. The number of carbonyl (C=O) groups excluding carboxylic acids is 2. The van der Waals surface area contributed by atoms with Crippen LogP contribution in [0, 0.1) is 19.5 Å². The fraction of sp³-hybridized carbons (Fsp3) is 0.160. The van der Waals surface area contributed by atoms with Gasteiger partial charge in [0.25, 0.3) is 11.6 Å². The molecule has 0 fully saturated rings. The van der Waals surface area contributed by atoms with E-state index in [0.717, 1.165) is 0 Å². The molecule has 3 aromatic rings. The van der Waals surface area contributed by atoms with Crippen molar-refractivity contribution < 1.29 is 28.4 Å². The highest BCUT2D eigenvalue weighted by atomic mass is 127. The summed E-state index contributed by atoms with van der Waals surface area (Å²) in [5, 5.41) is 17.7. The average molecular weight is 620 g/mol. The Balaban J connectivity index is 1.63. The van der Waals surface area contributed by atoms with E-state index in [1.54, 1.807) is 25.1 Å². The lowest BCUT2D eigenvalue weighted by molar-refractivity contribution is -0.385. The van der Waals surface area contributed by atoms with Gasteiger partial charge in [0.2, 0.25) is 5.91 Å². The van der Waals surface area contributed by atoms with Gasteiger partial charge in [-0.3, -0.25) is 19.7 Å². The van der Waals surface area contributed by atoms with Gasteiger partial charge in [-0.05, 0) is 71.5 Å². The van der Waals surface area contributed by atoms with Crippen molar-refractivity contribution >= 4 is 52.0 Å². The van der Waals surface area contributed by atoms with Crippen LogP contribution in [0.4, 0.5) is 15.8 Å². The Kier molecular flexibility index (Phi) is 9.89. The lowest BCUT2D eigenvalue weighted by atomic mass is 10.1. The highest BCUT2D eigenvalue weighted by Gasteiger charge is 2.16. The molecule has 3 rings (SSSR count). The fourth-order valence-corrected chi connectivity index (χ4v) is 3.94. The summed E-state index contributed by atoms with van der Waals surface area (Å²) in [7, 11) is 0. The number of nitrogens with zero attached hydrogens (tertiary/aromatic N) is 2. The second kappa shape index (κ2) is 13.3. The zero-order valence-electron chi connectivity index (χ0n) is 19.6. The smallest absolute Gasteiger partial charge is 0.273 e. The Hall–Kier alpha value is -4.07. The fourth-order valence-electron chi connectivity index (χ4n) is 3.16. The van der Waals surface area contributed by atoms with Gasteiger partial charge in [-0.25, -0.2) is 9.82 Å². The molecular weight excluding hydrogens is 598 g/mol. The topological polar surface area (TPSA) is 132 Å². The number of amides is 2. The van der Waals surface area contributed by atoms with Gasteiger partial charge in [0.15, 0.2) is 18.1 Å². The number of benzene rings is 3. The van der Waals surface area contributed by atoms with Crippen LogP contribution in [0.2, 0.25) is 0 Å². The van der Waals surface area contributed by atoms with Crippen LogP contribution in [-0.4, -0.2) is 36.2 Å². The molecule has 0 spiro atoms. The Labute approximate surface area is 225 Å². The van der Waals surface area contributed by atoms with Crippen molar-refractivity contribution in [3.63, 3.8) is 0 Å². The third kappa shape index (κ3) is 8.24. The zero-order valence-corrected chi connectivity index (χ0v) is 21.7. The summed E-state index contributed by atoms with van der Waals surface area (Å²) < 4.78 is 25.0. The monoisotopic (exact) mass is 620 g/mol. The van der Waals surface area contributed by atoms with Gasteiger partial charge in [-0.1, -0.05) is 18.2 Å². The van der Waals surface area contributed by atoms with E-state index in [9.17, 15) is 24.1 Å². The summed E-state index contributed by atoms with van der Waals surface area (Å²) in [5.74, 6) is -0.631. The summed E-state index contributed by atoms with van der Waals surface area (Å²) in [6.45, 7) is 1.83. The first-order valence-electron chi connectivity index (χ1n) is 11.0. The number of rotatable bonds is 11. The molecule has 37 heavy (non-hydrogen) atoms. The number of anilines is 1. The molecule has 192 valence electrons. The molecule has 0 bridgehead atoms. The Bertz CT molecular complexity index is 1320. The number of nitro groups is 1. The van der Waals surface area contributed by atoms with E-state index >= 15 is 0 Å². The second-order valence-electron chi connectivity index (χ2n) is 7.46. The van der Waals surface area contributed by atoms with Gasteiger partial charge in [0.05, 0.1) is 27.7 Å². The van der Waals surface area contributed by atoms with E-state index in [2.05, 4.69) is 15.8 Å². The van der Waals surface area contributed by atoms with Crippen LogP contribution in [0.25, 0.3) is 0 Å². The van der Waals surface area contributed by atoms with Crippen LogP contribution in [-0.2, 0) is 16.0 Å². The van der Waals surface area contributed by atoms with E-state index in [1.165, 1.54) is 48.7 Å². The maximum Gasteiger partial charge on any atom is 0.273 e. The quantitative estimate of drug-likeness (QED) is 0.141. The number of halogens is 2. The number of hydrogen-bond donors (Lipinski definition) is 2. The van der Waals surface area contributed by atoms with Gasteiger partial charge in [0, 0.05) is 17.3 Å². The van der Waals surface area contributed by atoms with Crippen molar-refractivity contribution in [2.45, 2.75) is 13.3 Å². The van der Waals surface area contributed by atoms with E-state index in [4.69, 9.17) is 9.47 Å². The third-order valence-electron chi connectivity index (χ3n) is 4.75. The molecule has 0 radical (unpaired) electrons. The molecule has 0 atom stereocenters. The minimum absolute atomic E-state index is 0.139. The molecule has 12 heteroatoms. The predicted molar refractivity (Wildman–Crippen MR) is 143 cm³/mol. The molecule has 0 aromatic heterocycles. The number of nitro benzene ring substituents is 1. The summed E-state index contributed by atoms with van der Waals surface area (Å²) in [5.41, 5.74) is 3.51. The Morgan fingerprint density at radius 1 is 1.11 bits per heavy atom. The van der Waals surface area contributed by atoms with Crippen LogP contribution in [0.5, 0.6) is 11.5 Å². The number of hydrazone groups is 1. The standard InChI is InChI=1S/C25H22FIN4O6/c1-2-36-22-12-16(14-28-30-23(32)13-17-5-3-4-6-21(17)31(34)35)11-20(27)25(22)37-15-24(33)29-19-9-7-18(26)8-10-19/h3-12,14H,2,13,15H2,1H3,(H,29,33)(H,30,32)/b28-14+. The molecular formula is C25H22FIN4O6. The van der Waals surface area contributed by atoms with E-state index in [1.807, 2.05) is 22.6 Å². The predicted octanol–water partition coefficient (Wildman–Crippen LogP) is 4.45. The summed E-state index contributed by atoms with van der Waals surface area (Å²) in [6, 6.07) is 14.7. The normalized spacial score (nSPS) is 10.7. The number of carbonyl (C=O) groups is 2. The molecule has 2 amide bonds. The zero-order chi connectivity index (χ0) is 26.8. The maximum atomic E-state index is 13.0. The lowest BCUT2D eigenvalue weighted by Crippen LogP contribution is -2.21. The summed E-state index contributed by atoms with van der Waals surface area (Å²) in [4.78, 5) is 35.0. The highest BCUT2D eigenvalue weighted by Crippen LogP contribution is 2.34. The molecule has 10 nitrogen and oxygen atoms in total. The number of para-hydroxylation sites is 1. The third-order valence-corrected chi connectivity index (χ3v) is 5.55. The molecule has 0 saturated carbocycles. The molecule has 0 aliphatic rings. The van der Waals surface area contributed by atoms with Crippen LogP contribution in [0.15, 0.2) is 65.8 Å². The molecule has 0 unspecified atom stereocenters. The van der Waals surface area contributed by atoms with Crippen molar-refractivity contribution in [2.75, 3.05) is 18.5 Å². The Morgan fingerprint density at radius 2 is 1.84 bits per heavy atom. The SMILES string of the molecule is CCOc1cc(/C=N/NC(=O)Cc2ccccc2[N+](=O)[O-])cc(I)c1OCC(=O)Nc1ccc(F)cc1. The van der Waals surface area contributed by atoms with E-state index in [-0.39, 0.29) is 24.3 Å². The first-order valence-corrected chi connectivity index (χ1v) is 12.0. The molecule has 0 saturated heterocycles. The molecule has 0 aliphatic heterocycles. The number of hydrogen-bond acceptors (Lipinski definition) is 7. The summed E-state index contributed by atoms with van der Waals surface area (Å²) >= 11 is 2.02. The Morgan fingerprint density at radius 3 is 2.54 bits per heavy atom. The minimum Gasteiger partial charge on any atom is -0.490 e. The highest BCUT2D eigenvalue weighted by molar-refractivity contribution is 14.1. The van der Waals surface area contributed by atoms with Crippen molar-refractivity contribution in [1.29, 1.82) is 0 Å².